The number of carbonyl (C=O) groups is 2. The van der Waals surface area contributed by atoms with Gasteiger partial charge in [-0.2, -0.15) is 0 Å². The van der Waals surface area contributed by atoms with Gasteiger partial charge < -0.3 is 7.96 Å². The van der Waals surface area contributed by atoms with E-state index in [4.69, 9.17) is 5.11 Å². The van der Waals surface area contributed by atoms with Crippen molar-refractivity contribution in [3.05, 3.63) is 0 Å². The molecule has 0 fully saturated rings. The van der Waals surface area contributed by atoms with Gasteiger partial charge in [-0.3, -0.25) is 4.79 Å². The van der Waals surface area contributed by atoms with E-state index in [2.05, 4.69) is 0 Å². The third-order valence-corrected chi connectivity index (χ3v) is 0.301. The van der Waals surface area contributed by atoms with Crippen LogP contribution in [0.15, 0.2) is 0 Å². The molecule has 0 aliphatic rings. The molecule has 38 valence electrons. The van der Waals surface area contributed by atoms with Gasteiger partial charge in [0.15, 0.2) is 0 Å². The van der Waals surface area contributed by atoms with Gasteiger partial charge in [0, 0.05) is 6.92 Å². The monoisotopic (exact) mass is 130 g/mol. The second kappa shape index (κ2) is 4.56. The van der Waals surface area contributed by atoms with Gasteiger partial charge >= 0.3 is 43.7 Å². The normalized spacial score (nSPS) is 6.43. The van der Waals surface area contributed by atoms with Crippen LogP contribution in [0.5, 0.6) is 0 Å². The molecule has 0 aromatic rings. The fraction of sp³-hybridized carbons (Fsp3) is 0.333. The molecule has 0 rings (SSSR count). The minimum Gasteiger partial charge on any atom is -1.00 e. The topological polar surface area (TPSA) is 54.4 Å². The summed E-state index contributed by atoms with van der Waals surface area (Å²) in [4.78, 5) is 18.9. The zero-order chi connectivity index (χ0) is 5.15. The minimum atomic E-state index is -1.38. The quantitative estimate of drug-likeness (QED) is 0.384. The van der Waals surface area contributed by atoms with Gasteiger partial charge in [-0.1, -0.05) is 0 Å². The third kappa shape index (κ3) is 6.40. The first kappa shape index (κ1) is 10.4. The van der Waals surface area contributed by atoms with Gasteiger partial charge in [0.05, 0.1) is 0 Å². The summed E-state index contributed by atoms with van der Waals surface area (Å²) in [7, 11) is 0. The van der Waals surface area contributed by atoms with Crippen molar-refractivity contribution in [2.45, 2.75) is 6.92 Å². The first-order valence-corrected chi connectivity index (χ1v) is 1.38. The molecule has 0 aromatic heterocycles. The molecule has 0 unspecified atom stereocenters. The average molecular weight is 130 g/mol. The summed E-state index contributed by atoms with van der Waals surface area (Å²) >= 11 is 0. The predicted molar refractivity (Wildman–Crippen MR) is 26.3 cm³/mol. The molecule has 0 bridgehead atoms. The molecule has 0 aliphatic heterocycles. The maximum absolute atomic E-state index is 9.54. The number of rotatable bonds is 1. The van der Waals surface area contributed by atoms with Gasteiger partial charge in [-0.05, 0) is 0 Å². The number of carbonyl (C=O) groups excluding carboxylic acids is 1. The first-order valence-electron chi connectivity index (χ1n) is 1.38. The van der Waals surface area contributed by atoms with Crippen molar-refractivity contribution >= 4 is 49.5 Å². The van der Waals surface area contributed by atoms with Crippen molar-refractivity contribution in [2.75, 3.05) is 0 Å². The van der Waals surface area contributed by atoms with Gasteiger partial charge in [0.2, 0.25) is 5.78 Å². The minimum absolute atomic E-state index is 0. The van der Waals surface area contributed by atoms with E-state index in [1.807, 2.05) is 0 Å². The van der Waals surface area contributed by atoms with Crippen molar-refractivity contribution in [3.8, 4) is 0 Å². The van der Waals surface area contributed by atoms with Crippen LogP contribution in [0.3, 0.4) is 0 Å². The van der Waals surface area contributed by atoms with Crippen LogP contribution in [0.1, 0.15) is 9.78 Å². The zero-order valence-electron chi connectivity index (χ0n) is 5.97. The van der Waals surface area contributed by atoms with Crippen molar-refractivity contribution in [1.29, 1.82) is 0 Å². The molecule has 0 spiro atoms. The largest absolute Gasteiger partial charge is 2.00 e. The molecule has 0 saturated carbocycles. The molecule has 7 heavy (non-hydrogen) atoms. The van der Waals surface area contributed by atoms with Crippen molar-refractivity contribution < 1.29 is 17.5 Å². The molecule has 0 radical (unpaired) electrons. The summed E-state index contributed by atoms with van der Waals surface area (Å²) in [5.41, 5.74) is 0. The van der Waals surface area contributed by atoms with Crippen LogP contribution < -0.4 is 0 Å². The van der Waals surface area contributed by atoms with E-state index in [1.54, 1.807) is 0 Å². The summed E-state index contributed by atoms with van der Waals surface area (Å²) in [5, 5.41) is 7.64. The van der Waals surface area contributed by atoms with Gasteiger partial charge in [0.25, 0.3) is 0 Å². The molecule has 0 atom stereocenters. The molecule has 0 heterocycles. The Hall–Kier alpha value is 0.400. The Morgan fingerprint density at radius 1 is 1.57 bits per heavy atom. The zero-order valence-corrected chi connectivity index (χ0v) is 6.18. The maximum Gasteiger partial charge on any atom is 2.00 e. The molecule has 0 aliphatic carbocycles. The number of aliphatic carboxylic acids is 1. The number of Topliss-reactive ketones (excluding diaryl/α,β-unsaturated/α-hetero) is 1. The second-order valence-corrected chi connectivity index (χ2v) is 0.861. The SMILES string of the molecule is CC(=O)C(=O)O.[Ca+2].[H-].[H-]. The van der Waals surface area contributed by atoms with E-state index in [9.17, 15) is 9.59 Å². The molecule has 0 saturated heterocycles. The van der Waals surface area contributed by atoms with E-state index < -0.39 is 11.8 Å². The van der Waals surface area contributed by atoms with Crippen LogP contribution in [0.2, 0.25) is 0 Å². The Labute approximate surface area is 73.7 Å². The van der Waals surface area contributed by atoms with Gasteiger partial charge in [-0.15, -0.1) is 0 Å². The summed E-state index contributed by atoms with van der Waals surface area (Å²) in [6, 6.07) is 0. The second-order valence-electron chi connectivity index (χ2n) is 0.861. The van der Waals surface area contributed by atoms with E-state index in [0.29, 0.717) is 0 Å². The van der Waals surface area contributed by atoms with E-state index in [-0.39, 0.29) is 40.6 Å². The van der Waals surface area contributed by atoms with Crippen molar-refractivity contribution in [3.63, 3.8) is 0 Å². The van der Waals surface area contributed by atoms with Crippen LogP contribution in [-0.4, -0.2) is 54.6 Å². The van der Waals surface area contributed by atoms with Gasteiger partial charge in [0.1, 0.15) is 0 Å². The Morgan fingerprint density at radius 2 is 1.71 bits per heavy atom. The number of carboxylic acid groups (broad SMARTS) is 1. The first-order chi connectivity index (χ1) is 2.64. The van der Waals surface area contributed by atoms with Crippen LogP contribution in [0.4, 0.5) is 0 Å². The molecule has 1 N–H and O–H groups in total. The third-order valence-electron chi connectivity index (χ3n) is 0.301. The fourth-order valence-electron chi connectivity index (χ4n) is 0. The summed E-state index contributed by atoms with van der Waals surface area (Å²) in [6.07, 6.45) is 0. The standard InChI is InChI=1S/C3H4O3.Ca.2H/c1-2(4)3(5)6;;;/h1H3,(H,5,6);;;/q;+2;2*-1. The van der Waals surface area contributed by atoms with E-state index in [0.717, 1.165) is 6.92 Å². The number of hydrogen-bond acceptors (Lipinski definition) is 2. The Morgan fingerprint density at radius 3 is 1.71 bits per heavy atom. The molecular weight excluding hydrogens is 124 g/mol. The molecule has 0 amide bonds. The summed E-state index contributed by atoms with van der Waals surface area (Å²) in [5.74, 6) is -2.20. The van der Waals surface area contributed by atoms with E-state index in [1.165, 1.54) is 0 Å². The Bertz CT molecular complexity index is 83.1. The van der Waals surface area contributed by atoms with Crippen LogP contribution in [-0.2, 0) is 9.59 Å². The number of ketones is 1. The Balaban J connectivity index is -0.0000000417. The smallest absolute Gasteiger partial charge is 1.00 e. The number of hydrogen-bond donors (Lipinski definition) is 1. The van der Waals surface area contributed by atoms with Crippen LogP contribution in [0.25, 0.3) is 0 Å². The number of carboxylic acids is 1. The average Bonchev–Trinajstić information content (AvgIpc) is 1.36. The van der Waals surface area contributed by atoms with Crippen LogP contribution in [0, 0.1) is 0 Å². The maximum atomic E-state index is 9.54. The predicted octanol–water partition coefficient (Wildman–Crippen LogP) is -0.496. The summed E-state index contributed by atoms with van der Waals surface area (Å²) < 4.78 is 0. The Kier molecular flexibility index (Phi) is 6.77. The molecular formula is C3H6CaO3. The van der Waals surface area contributed by atoms with E-state index >= 15 is 0 Å². The van der Waals surface area contributed by atoms with Gasteiger partial charge in [-0.25, -0.2) is 4.79 Å². The molecule has 0 aromatic carbocycles. The molecule has 3 nitrogen and oxygen atoms in total. The summed E-state index contributed by atoms with van der Waals surface area (Å²) in [6.45, 7) is 1.00. The van der Waals surface area contributed by atoms with Crippen molar-refractivity contribution in [1.82, 2.24) is 0 Å². The van der Waals surface area contributed by atoms with Crippen molar-refractivity contribution in [2.24, 2.45) is 0 Å². The van der Waals surface area contributed by atoms with Crippen LogP contribution >= 0.6 is 0 Å². The molecule has 4 heteroatoms. The fourth-order valence-corrected chi connectivity index (χ4v) is 0.